The first kappa shape index (κ1) is 15.4. The van der Waals surface area contributed by atoms with E-state index in [-0.39, 0.29) is 12.5 Å². The van der Waals surface area contributed by atoms with Gasteiger partial charge in [-0.05, 0) is 17.6 Å². The van der Waals surface area contributed by atoms with E-state index in [0.29, 0.717) is 0 Å². The minimum absolute atomic E-state index is 0.110. The first-order valence-electron chi connectivity index (χ1n) is 7.12. The van der Waals surface area contributed by atoms with Gasteiger partial charge < -0.3 is 9.31 Å². The predicted octanol–water partition coefficient (Wildman–Crippen LogP) is 2.68. The van der Waals surface area contributed by atoms with Crippen LogP contribution in [0.25, 0.3) is 0 Å². The third kappa shape index (κ3) is 4.52. The van der Waals surface area contributed by atoms with E-state index in [1.807, 2.05) is 0 Å². The van der Waals surface area contributed by atoms with Crippen LogP contribution in [0.5, 0.6) is 0 Å². The van der Waals surface area contributed by atoms with Crippen molar-refractivity contribution in [2.45, 2.75) is 33.5 Å². The van der Waals surface area contributed by atoms with Crippen LogP contribution in [0.15, 0.2) is 24.3 Å². The molecule has 1 aliphatic rings. The highest BCUT2D eigenvalue weighted by Crippen LogP contribution is 2.21. The molecular weight excluding hydrogens is 263 g/mol. The molecular formula is C16H23BO2Si. The van der Waals surface area contributed by atoms with Crippen molar-refractivity contribution in [1.29, 1.82) is 0 Å². The van der Waals surface area contributed by atoms with Crippen molar-refractivity contribution < 1.29 is 9.31 Å². The molecule has 1 aromatic rings. The second-order valence-electron chi connectivity index (χ2n) is 7.24. The molecule has 1 aliphatic heterocycles. The molecule has 2 nitrogen and oxygen atoms in total. The van der Waals surface area contributed by atoms with Gasteiger partial charge in [0, 0.05) is 24.2 Å². The summed E-state index contributed by atoms with van der Waals surface area (Å²) in [7, 11) is -1.55. The molecule has 0 atom stereocenters. The van der Waals surface area contributed by atoms with Crippen molar-refractivity contribution >= 4 is 20.7 Å². The van der Waals surface area contributed by atoms with Crippen LogP contribution in [0, 0.1) is 16.9 Å². The average molecular weight is 286 g/mol. The molecule has 0 amide bonds. The Labute approximate surface area is 124 Å². The summed E-state index contributed by atoms with van der Waals surface area (Å²) in [6.07, 6.45) is 0. The van der Waals surface area contributed by atoms with Crippen molar-refractivity contribution in [2.75, 3.05) is 13.2 Å². The van der Waals surface area contributed by atoms with Crippen LogP contribution in [-0.4, -0.2) is 28.4 Å². The summed E-state index contributed by atoms with van der Waals surface area (Å²) in [5, 5.41) is 0. The lowest BCUT2D eigenvalue weighted by Crippen LogP contribution is -2.47. The number of rotatable bonds is 1. The van der Waals surface area contributed by atoms with E-state index in [1.54, 1.807) is 0 Å². The Hall–Kier alpha value is -1.02. The summed E-state index contributed by atoms with van der Waals surface area (Å²) in [5.41, 5.74) is 5.62. The molecule has 2 rings (SSSR count). The Morgan fingerprint density at radius 3 is 2.10 bits per heavy atom. The minimum atomic E-state index is -1.31. The predicted molar refractivity (Wildman–Crippen MR) is 87.7 cm³/mol. The van der Waals surface area contributed by atoms with Gasteiger partial charge in [-0.25, -0.2) is 0 Å². The van der Waals surface area contributed by atoms with E-state index < -0.39 is 8.07 Å². The molecule has 4 heteroatoms. The molecule has 1 heterocycles. The van der Waals surface area contributed by atoms with Crippen molar-refractivity contribution in [3.63, 3.8) is 0 Å². The van der Waals surface area contributed by atoms with E-state index in [0.717, 1.165) is 24.2 Å². The largest absolute Gasteiger partial charge is 0.493 e. The zero-order chi connectivity index (χ0) is 14.8. The molecule has 20 heavy (non-hydrogen) atoms. The summed E-state index contributed by atoms with van der Waals surface area (Å²) in [4.78, 5) is 0. The molecule has 0 saturated carbocycles. The molecule has 0 unspecified atom stereocenters. The van der Waals surface area contributed by atoms with Gasteiger partial charge in [0.25, 0.3) is 0 Å². The van der Waals surface area contributed by atoms with Gasteiger partial charge in [0.15, 0.2) is 0 Å². The SMILES string of the molecule is CC1(C)COB(c2ccc(C#C[Si](C)(C)C)cc2)OC1. The highest BCUT2D eigenvalue weighted by atomic mass is 28.3. The van der Waals surface area contributed by atoms with Crippen molar-refractivity contribution in [1.82, 2.24) is 0 Å². The summed E-state index contributed by atoms with van der Waals surface area (Å²) in [6, 6.07) is 8.21. The van der Waals surface area contributed by atoms with Crippen molar-refractivity contribution in [3.05, 3.63) is 29.8 Å². The van der Waals surface area contributed by atoms with Gasteiger partial charge in [0.2, 0.25) is 0 Å². The normalized spacial score (nSPS) is 18.4. The highest BCUT2D eigenvalue weighted by Gasteiger charge is 2.33. The third-order valence-corrected chi connectivity index (χ3v) is 3.89. The van der Waals surface area contributed by atoms with Gasteiger partial charge in [0.05, 0.1) is 0 Å². The second-order valence-corrected chi connectivity index (χ2v) is 12.0. The summed E-state index contributed by atoms with van der Waals surface area (Å²) >= 11 is 0. The zero-order valence-corrected chi connectivity index (χ0v) is 14.1. The van der Waals surface area contributed by atoms with Gasteiger partial charge in [0.1, 0.15) is 8.07 Å². The zero-order valence-electron chi connectivity index (χ0n) is 13.1. The molecule has 106 valence electrons. The van der Waals surface area contributed by atoms with E-state index in [1.165, 1.54) is 0 Å². The van der Waals surface area contributed by atoms with E-state index >= 15 is 0 Å². The number of hydrogen-bond acceptors (Lipinski definition) is 2. The standard InChI is InChI=1S/C16H23BO2Si/c1-16(2)12-18-17(19-13-16)15-8-6-14(7-9-15)10-11-20(3,4)5/h6-9H,12-13H2,1-5H3. The van der Waals surface area contributed by atoms with Crippen LogP contribution in [0.2, 0.25) is 19.6 Å². The van der Waals surface area contributed by atoms with Gasteiger partial charge >= 0.3 is 7.12 Å². The number of benzene rings is 1. The molecule has 1 saturated heterocycles. The molecule has 0 N–H and O–H groups in total. The fourth-order valence-electron chi connectivity index (χ4n) is 1.87. The van der Waals surface area contributed by atoms with Gasteiger partial charge in [-0.2, -0.15) is 0 Å². The molecule has 1 fully saturated rings. The average Bonchev–Trinajstić information content (AvgIpc) is 2.36. The van der Waals surface area contributed by atoms with Crippen LogP contribution < -0.4 is 5.46 Å². The first-order chi connectivity index (χ1) is 9.25. The maximum atomic E-state index is 5.78. The fraction of sp³-hybridized carbons (Fsp3) is 0.500. The molecule has 0 aromatic heterocycles. The first-order valence-corrected chi connectivity index (χ1v) is 10.6. The third-order valence-electron chi connectivity index (χ3n) is 3.02. The molecule has 0 aliphatic carbocycles. The van der Waals surface area contributed by atoms with Crippen molar-refractivity contribution in [2.24, 2.45) is 5.41 Å². The Kier molecular flexibility index (Phi) is 4.43. The van der Waals surface area contributed by atoms with Crippen LogP contribution in [-0.2, 0) is 9.31 Å². The molecule has 0 bridgehead atoms. The number of hydrogen-bond donors (Lipinski definition) is 0. The molecule has 0 spiro atoms. The topological polar surface area (TPSA) is 18.5 Å². The van der Waals surface area contributed by atoms with E-state index in [4.69, 9.17) is 9.31 Å². The molecule has 0 radical (unpaired) electrons. The monoisotopic (exact) mass is 286 g/mol. The van der Waals surface area contributed by atoms with Crippen LogP contribution in [0.4, 0.5) is 0 Å². The Balaban J connectivity index is 2.03. The quantitative estimate of drug-likeness (QED) is 0.584. The van der Waals surface area contributed by atoms with Crippen molar-refractivity contribution in [3.8, 4) is 11.5 Å². The maximum Gasteiger partial charge on any atom is 0.493 e. The lowest BCUT2D eigenvalue weighted by molar-refractivity contribution is 0.0343. The van der Waals surface area contributed by atoms with Gasteiger partial charge in [-0.3, -0.25) is 0 Å². The van der Waals surface area contributed by atoms with Crippen LogP contribution >= 0.6 is 0 Å². The van der Waals surface area contributed by atoms with Crippen LogP contribution in [0.1, 0.15) is 19.4 Å². The Morgan fingerprint density at radius 2 is 1.60 bits per heavy atom. The van der Waals surface area contributed by atoms with E-state index in [2.05, 4.69) is 69.2 Å². The minimum Gasteiger partial charge on any atom is -0.407 e. The van der Waals surface area contributed by atoms with E-state index in [9.17, 15) is 0 Å². The van der Waals surface area contributed by atoms with Gasteiger partial charge in [-0.15, -0.1) is 5.54 Å². The smallest absolute Gasteiger partial charge is 0.407 e. The Morgan fingerprint density at radius 1 is 1.05 bits per heavy atom. The second kappa shape index (κ2) is 5.77. The molecule has 1 aromatic carbocycles. The summed E-state index contributed by atoms with van der Waals surface area (Å²) in [6.45, 7) is 12.5. The lowest BCUT2D eigenvalue weighted by atomic mass is 9.76. The Bertz CT molecular complexity index is 510. The van der Waals surface area contributed by atoms with Gasteiger partial charge in [-0.1, -0.05) is 51.5 Å². The summed E-state index contributed by atoms with van der Waals surface area (Å²) < 4.78 is 11.6. The summed E-state index contributed by atoms with van der Waals surface area (Å²) in [5.74, 6) is 3.26. The fourth-order valence-corrected chi connectivity index (χ4v) is 2.39. The maximum absolute atomic E-state index is 5.78. The highest BCUT2D eigenvalue weighted by molar-refractivity contribution is 6.83. The van der Waals surface area contributed by atoms with Crippen LogP contribution in [0.3, 0.4) is 0 Å². The lowest BCUT2D eigenvalue weighted by Gasteiger charge is -2.33.